The molecule has 6 nitrogen and oxygen atoms in total. The summed E-state index contributed by atoms with van der Waals surface area (Å²) >= 11 is 0. The second-order valence-corrected chi connectivity index (χ2v) is 5.58. The lowest BCUT2D eigenvalue weighted by molar-refractivity contribution is -0.132. The van der Waals surface area contributed by atoms with Gasteiger partial charge in [-0.25, -0.2) is 0 Å². The molecule has 122 valence electrons. The number of hydrogen-bond acceptors (Lipinski definition) is 4. The van der Waals surface area contributed by atoms with E-state index in [1.165, 1.54) is 0 Å². The van der Waals surface area contributed by atoms with E-state index >= 15 is 0 Å². The summed E-state index contributed by atoms with van der Waals surface area (Å²) in [6.07, 6.45) is 1.94. The second-order valence-electron chi connectivity index (χ2n) is 5.58. The summed E-state index contributed by atoms with van der Waals surface area (Å²) in [5.74, 6) is -0.155. The molecule has 0 spiro atoms. The third-order valence-electron chi connectivity index (χ3n) is 3.96. The third-order valence-corrected chi connectivity index (χ3v) is 3.96. The minimum atomic E-state index is -0.188. The lowest BCUT2D eigenvalue weighted by atomic mass is 10.1. The minimum Gasteiger partial charge on any atom is -0.379 e. The van der Waals surface area contributed by atoms with Gasteiger partial charge in [0.05, 0.1) is 23.9 Å². The molecular weight excluding hydrogens is 294 g/mol. The normalized spacial score (nSPS) is 16.6. The molecule has 1 aliphatic heterocycles. The number of amides is 2. The molecule has 0 aliphatic carbocycles. The van der Waals surface area contributed by atoms with E-state index in [1.54, 1.807) is 36.2 Å². The van der Waals surface area contributed by atoms with Crippen LogP contribution in [0.25, 0.3) is 0 Å². The van der Waals surface area contributed by atoms with Gasteiger partial charge in [0.25, 0.3) is 0 Å². The van der Waals surface area contributed by atoms with E-state index in [9.17, 15) is 9.59 Å². The Hall–Kier alpha value is -2.39. The van der Waals surface area contributed by atoms with Gasteiger partial charge in [-0.2, -0.15) is 5.26 Å². The number of anilines is 1. The predicted octanol–water partition coefficient (Wildman–Crippen LogP) is 1.91. The molecule has 2 amide bonds. The molecule has 1 atom stereocenters. The summed E-state index contributed by atoms with van der Waals surface area (Å²) < 4.78 is 5.27. The van der Waals surface area contributed by atoms with Crippen LogP contribution in [0.1, 0.15) is 31.2 Å². The van der Waals surface area contributed by atoms with E-state index in [0.29, 0.717) is 37.3 Å². The van der Waals surface area contributed by atoms with Crippen molar-refractivity contribution in [2.24, 2.45) is 0 Å². The van der Waals surface area contributed by atoms with Gasteiger partial charge in [0.1, 0.15) is 6.07 Å². The van der Waals surface area contributed by atoms with Gasteiger partial charge in [0.15, 0.2) is 0 Å². The number of benzene rings is 1. The number of likely N-dealkylation sites (N-methyl/N-ethyl adjacent to an activating group) is 1. The molecule has 1 aromatic carbocycles. The van der Waals surface area contributed by atoms with Gasteiger partial charge in [-0.15, -0.1) is 0 Å². The van der Waals surface area contributed by atoms with Crippen molar-refractivity contribution in [3.8, 4) is 6.07 Å². The highest BCUT2D eigenvalue weighted by atomic mass is 16.5. The molecule has 0 saturated carbocycles. The SMILES string of the molecule is CN(C(=O)CCCC(=O)Nc1ccccc1C#N)[C@H]1CCOC1. The first-order valence-electron chi connectivity index (χ1n) is 7.74. The van der Waals surface area contributed by atoms with Gasteiger partial charge in [-0.3, -0.25) is 9.59 Å². The summed E-state index contributed by atoms with van der Waals surface area (Å²) in [6, 6.07) is 9.03. The topological polar surface area (TPSA) is 82.4 Å². The van der Waals surface area contributed by atoms with Crippen LogP contribution in [0.2, 0.25) is 0 Å². The van der Waals surface area contributed by atoms with Crippen molar-refractivity contribution in [3.05, 3.63) is 29.8 Å². The summed E-state index contributed by atoms with van der Waals surface area (Å²) in [5.41, 5.74) is 0.935. The summed E-state index contributed by atoms with van der Waals surface area (Å²) in [5, 5.41) is 11.7. The summed E-state index contributed by atoms with van der Waals surface area (Å²) in [7, 11) is 1.78. The molecule has 6 heteroatoms. The molecule has 1 aromatic rings. The van der Waals surface area contributed by atoms with Crippen LogP contribution >= 0.6 is 0 Å². The van der Waals surface area contributed by atoms with Crippen LogP contribution < -0.4 is 5.32 Å². The number of carbonyl (C=O) groups is 2. The quantitative estimate of drug-likeness (QED) is 0.869. The first-order valence-corrected chi connectivity index (χ1v) is 7.74. The Morgan fingerprint density at radius 1 is 1.39 bits per heavy atom. The van der Waals surface area contributed by atoms with Crippen LogP contribution in [0.5, 0.6) is 0 Å². The average Bonchev–Trinajstić information content (AvgIpc) is 3.09. The number of ether oxygens (including phenoxy) is 1. The molecule has 1 N–H and O–H groups in total. The zero-order chi connectivity index (χ0) is 16.7. The number of nitrogens with one attached hydrogen (secondary N) is 1. The van der Waals surface area contributed by atoms with E-state index in [4.69, 9.17) is 10.00 Å². The monoisotopic (exact) mass is 315 g/mol. The van der Waals surface area contributed by atoms with Gasteiger partial charge in [0, 0.05) is 26.5 Å². The Labute approximate surface area is 136 Å². The highest BCUT2D eigenvalue weighted by Crippen LogP contribution is 2.15. The first kappa shape index (κ1) is 17.0. The lowest BCUT2D eigenvalue weighted by Crippen LogP contribution is -2.37. The van der Waals surface area contributed by atoms with E-state index in [1.807, 2.05) is 6.07 Å². The molecule has 23 heavy (non-hydrogen) atoms. The number of nitriles is 1. The Morgan fingerprint density at radius 3 is 2.87 bits per heavy atom. The van der Waals surface area contributed by atoms with Crippen LogP contribution in [-0.2, 0) is 14.3 Å². The fourth-order valence-electron chi connectivity index (χ4n) is 2.51. The van der Waals surface area contributed by atoms with Crippen molar-refractivity contribution in [1.29, 1.82) is 5.26 Å². The minimum absolute atomic E-state index is 0.0331. The Balaban J connectivity index is 1.74. The maximum Gasteiger partial charge on any atom is 0.224 e. The van der Waals surface area contributed by atoms with Gasteiger partial charge in [-0.1, -0.05) is 12.1 Å². The van der Waals surface area contributed by atoms with Gasteiger partial charge in [0.2, 0.25) is 11.8 Å². The average molecular weight is 315 g/mol. The van der Waals surface area contributed by atoms with E-state index in [-0.39, 0.29) is 24.3 Å². The van der Waals surface area contributed by atoms with Crippen LogP contribution in [0.15, 0.2) is 24.3 Å². The number of carbonyl (C=O) groups excluding carboxylic acids is 2. The van der Waals surface area contributed by atoms with E-state index in [0.717, 1.165) is 6.42 Å². The fraction of sp³-hybridized carbons (Fsp3) is 0.471. The molecule has 1 heterocycles. The maximum absolute atomic E-state index is 12.1. The lowest BCUT2D eigenvalue weighted by Gasteiger charge is -2.23. The van der Waals surface area contributed by atoms with Crippen LogP contribution in [0, 0.1) is 11.3 Å². The molecule has 1 aliphatic rings. The molecule has 0 bridgehead atoms. The van der Waals surface area contributed by atoms with Crippen molar-refractivity contribution in [2.75, 3.05) is 25.6 Å². The molecule has 1 fully saturated rings. The molecule has 0 radical (unpaired) electrons. The summed E-state index contributed by atoms with van der Waals surface area (Å²) in [4.78, 5) is 25.7. The number of para-hydroxylation sites is 1. The van der Waals surface area contributed by atoms with E-state index < -0.39 is 0 Å². The predicted molar refractivity (Wildman–Crippen MR) is 85.6 cm³/mol. The molecule has 0 aromatic heterocycles. The van der Waals surface area contributed by atoms with E-state index in [2.05, 4.69) is 5.32 Å². The van der Waals surface area contributed by atoms with Gasteiger partial charge < -0.3 is 15.0 Å². The Morgan fingerprint density at radius 2 is 2.17 bits per heavy atom. The number of rotatable bonds is 6. The molecule has 2 rings (SSSR count). The molecule has 0 unspecified atom stereocenters. The second kappa shape index (κ2) is 8.30. The van der Waals surface area contributed by atoms with Crippen molar-refractivity contribution < 1.29 is 14.3 Å². The van der Waals surface area contributed by atoms with Crippen LogP contribution in [0.3, 0.4) is 0 Å². The van der Waals surface area contributed by atoms with Crippen molar-refractivity contribution in [1.82, 2.24) is 4.90 Å². The van der Waals surface area contributed by atoms with Crippen molar-refractivity contribution in [3.63, 3.8) is 0 Å². The van der Waals surface area contributed by atoms with Gasteiger partial charge >= 0.3 is 0 Å². The largest absolute Gasteiger partial charge is 0.379 e. The number of hydrogen-bond donors (Lipinski definition) is 1. The first-order chi connectivity index (χ1) is 11.1. The summed E-state index contributed by atoms with van der Waals surface area (Å²) in [6.45, 7) is 1.29. The van der Waals surface area contributed by atoms with Crippen LogP contribution in [-0.4, -0.2) is 43.0 Å². The maximum atomic E-state index is 12.1. The smallest absolute Gasteiger partial charge is 0.224 e. The fourth-order valence-corrected chi connectivity index (χ4v) is 2.51. The Bertz CT molecular complexity index is 603. The highest BCUT2D eigenvalue weighted by Gasteiger charge is 2.23. The van der Waals surface area contributed by atoms with Crippen LogP contribution in [0.4, 0.5) is 5.69 Å². The standard InChI is InChI=1S/C17H21N3O3/c1-20(14-9-10-23-12-14)17(22)8-4-7-16(21)19-15-6-3-2-5-13(15)11-18/h2-3,5-6,14H,4,7-10,12H2,1H3,(H,19,21)/t14-/m0/s1. The molecular formula is C17H21N3O3. The third kappa shape index (κ3) is 4.80. The molecule has 1 saturated heterocycles. The van der Waals surface area contributed by atoms with Crippen molar-refractivity contribution in [2.45, 2.75) is 31.7 Å². The highest BCUT2D eigenvalue weighted by molar-refractivity contribution is 5.92. The van der Waals surface area contributed by atoms with Crippen molar-refractivity contribution >= 4 is 17.5 Å². The van der Waals surface area contributed by atoms with Gasteiger partial charge in [-0.05, 0) is 25.0 Å². The Kier molecular flexibility index (Phi) is 6.12. The number of nitrogens with zero attached hydrogens (tertiary/aromatic N) is 2. The zero-order valence-electron chi connectivity index (χ0n) is 13.2. The zero-order valence-corrected chi connectivity index (χ0v) is 13.2.